The highest BCUT2D eigenvalue weighted by Gasteiger charge is 2.37. The van der Waals surface area contributed by atoms with Gasteiger partial charge in [0.05, 0.1) is 11.6 Å². The van der Waals surface area contributed by atoms with Crippen LogP contribution in [-0.2, 0) is 12.6 Å². The summed E-state index contributed by atoms with van der Waals surface area (Å²) >= 11 is 6.00. The first-order chi connectivity index (χ1) is 11.5. The normalized spacial score (nSPS) is 17.5. The summed E-state index contributed by atoms with van der Waals surface area (Å²) in [7, 11) is 1.86. The molecule has 0 aliphatic heterocycles. The van der Waals surface area contributed by atoms with Crippen molar-refractivity contribution in [3.05, 3.63) is 47.0 Å². The van der Waals surface area contributed by atoms with E-state index in [1.54, 1.807) is 10.9 Å². The average molecular weight is 348 g/mol. The molecule has 2 N–H and O–H groups in total. The van der Waals surface area contributed by atoms with E-state index in [1.807, 2.05) is 38.2 Å². The van der Waals surface area contributed by atoms with E-state index >= 15 is 0 Å². The lowest BCUT2D eigenvalue weighted by Gasteiger charge is -2.31. The van der Waals surface area contributed by atoms with E-state index in [-0.39, 0.29) is 17.6 Å². The molecule has 1 aromatic carbocycles. The van der Waals surface area contributed by atoms with Crippen molar-refractivity contribution in [1.82, 2.24) is 25.4 Å². The van der Waals surface area contributed by atoms with Gasteiger partial charge in [0, 0.05) is 12.1 Å². The standard InChI is InChI=1S/C17H22ClN5O/c1-12(15-22-19-11-23(15)2)20-16(24)21-17(9-3-4-10-17)13-5-7-14(18)8-6-13/h5-8,11-12H,3-4,9-10H2,1-2H3,(H2,20,21,24). The molecule has 128 valence electrons. The molecule has 2 amide bonds. The van der Waals surface area contributed by atoms with Gasteiger partial charge < -0.3 is 15.2 Å². The van der Waals surface area contributed by atoms with Gasteiger partial charge >= 0.3 is 6.03 Å². The van der Waals surface area contributed by atoms with Crippen LogP contribution in [0.2, 0.25) is 5.02 Å². The lowest BCUT2D eigenvalue weighted by atomic mass is 9.88. The van der Waals surface area contributed by atoms with Gasteiger partial charge in [-0.2, -0.15) is 0 Å². The second-order valence-corrected chi connectivity index (χ2v) is 6.85. The van der Waals surface area contributed by atoms with Crippen molar-refractivity contribution in [2.75, 3.05) is 0 Å². The van der Waals surface area contributed by atoms with Crippen LogP contribution >= 0.6 is 11.6 Å². The molecule has 0 bridgehead atoms. The van der Waals surface area contributed by atoms with Gasteiger partial charge in [0.25, 0.3) is 0 Å². The van der Waals surface area contributed by atoms with E-state index < -0.39 is 0 Å². The third kappa shape index (κ3) is 3.38. The third-order valence-corrected chi connectivity index (χ3v) is 4.94. The number of urea groups is 1. The first kappa shape index (κ1) is 16.8. The number of hydrogen-bond acceptors (Lipinski definition) is 3. The first-order valence-electron chi connectivity index (χ1n) is 8.19. The lowest BCUT2D eigenvalue weighted by Crippen LogP contribution is -2.49. The minimum absolute atomic E-state index is 0.192. The molecular weight excluding hydrogens is 326 g/mol. The minimum atomic E-state index is -0.325. The van der Waals surface area contributed by atoms with Gasteiger partial charge in [-0.1, -0.05) is 36.6 Å². The zero-order chi connectivity index (χ0) is 17.2. The molecule has 0 saturated heterocycles. The van der Waals surface area contributed by atoms with Gasteiger partial charge in [0.1, 0.15) is 6.33 Å². The van der Waals surface area contributed by atoms with Crippen molar-refractivity contribution in [2.45, 2.75) is 44.2 Å². The molecule has 1 atom stereocenters. The van der Waals surface area contributed by atoms with E-state index in [2.05, 4.69) is 20.8 Å². The second-order valence-electron chi connectivity index (χ2n) is 6.42. The number of benzene rings is 1. The predicted molar refractivity (Wildman–Crippen MR) is 92.7 cm³/mol. The number of rotatable bonds is 4. The van der Waals surface area contributed by atoms with Gasteiger partial charge in [-0.15, -0.1) is 10.2 Å². The van der Waals surface area contributed by atoms with Crippen LogP contribution in [0.15, 0.2) is 30.6 Å². The van der Waals surface area contributed by atoms with Gasteiger partial charge in [0.2, 0.25) is 0 Å². The highest BCUT2D eigenvalue weighted by atomic mass is 35.5. The van der Waals surface area contributed by atoms with E-state index in [9.17, 15) is 4.79 Å². The second kappa shape index (κ2) is 6.81. The smallest absolute Gasteiger partial charge is 0.316 e. The Bertz CT molecular complexity index is 706. The average Bonchev–Trinajstić information content (AvgIpc) is 3.17. The maximum Gasteiger partial charge on any atom is 0.316 e. The summed E-state index contributed by atoms with van der Waals surface area (Å²) in [5.74, 6) is 0.720. The largest absolute Gasteiger partial charge is 0.329 e. The zero-order valence-corrected chi connectivity index (χ0v) is 14.7. The lowest BCUT2D eigenvalue weighted by molar-refractivity contribution is 0.221. The van der Waals surface area contributed by atoms with Crippen LogP contribution < -0.4 is 10.6 Å². The molecule has 1 aliphatic rings. The van der Waals surface area contributed by atoms with Gasteiger partial charge in [-0.25, -0.2) is 4.79 Å². The minimum Gasteiger partial charge on any atom is -0.329 e. The monoisotopic (exact) mass is 347 g/mol. The number of carbonyl (C=O) groups is 1. The zero-order valence-electron chi connectivity index (χ0n) is 13.9. The molecule has 1 aromatic heterocycles. The Morgan fingerprint density at radius 3 is 2.54 bits per heavy atom. The van der Waals surface area contributed by atoms with Crippen molar-refractivity contribution in [2.24, 2.45) is 7.05 Å². The van der Waals surface area contributed by atoms with E-state index in [1.165, 1.54) is 0 Å². The highest BCUT2D eigenvalue weighted by molar-refractivity contribution is 6.30. The molecule has 1 fully saturated rings. The maximum absolute atomic E-state index is 12.6. The number of halogens is 1. The SMILES string of the molecule is CC(NC(=O)NC1(c2ccc(Cl)cc2)CCCC1)c1nncn1C. The van der Waals surface area contributed by atoms with Gasteiger partial charge in [0.15, 0.2) is 5.82 Å². The first-order valence-corrected chi connectivity index (χ1v) is 8.57. The molecule has 1 unspecified atom stereocenters. The van der Waals surface area contributed by atoms with Crippen molar-refractivity contribution in [1.29, 1.82) is 0 Å². The number of hydrogen-bond donors (Lipinski definition) is 2. The van der Waals surface area contributed by atoms with Crippen LogP contribution in [0.1, 0.15) is 50.0 Å². The molecule has 2 aromatic rings. The molecule has 0 spiro atoms. The fourth-order valence-electron chi connectivity index (χ4n) is 3.43. The fraction of sp³-hybridized carbons (Fsp3) is 0.471. The van der Waals surface area contributed by atoms with Crippen LogP contribution in [0.4, 0.5) is 4.79 Å². The number of aromatic nitrogens is 3. The van der Waals surface area contributed by atoms with Crippen molar-refractivity contribution in [3.63, 3.8) is 0 Å². The molecule has 1 aliphatic carbocycles. The van der Waals surface area contributed by atoms with Crippen LogP contribution in [0.25, 0.3) is 0 Å². The summed E-state index contributed by atoms with van der Waals surface area (Å²) in [6.45, 7) is 1.90. The Labute approximate surface area is 146 Å². The number of nitrogens with zero attached hydrogens (tertiary/aromatic N) is 3. The number of carbonyl (C=O) groups excluding carboxylic acids is 1. The van der Waals surface area contributed by atoms with Gasteiger partial charge in [-0.05, 0) is 37.5 Å². The topological polar surface area (TPSA) is 71.8 Å². The number of amides is 2. The fourth-order valence-corrected chi connectivity index (χ4v) is 3.56. The molecule has 7 heteroatoms. The summed E-state index contributed by atoms with van der Waals surface area (Å²) in [5, 5.41) is 14.7. The predicted octanol–water partition coefficient (Wildman–Crippen LogP) is 3.30. The Kier molecular flexibility index (Phi) is 4.76. The molecular formula is C17H22ClN5O. The van der Waals surface area contributed by atoms with Crippen molar-refractivity contribution < 1.29 is 4.79 Å². The van der Waals surface area contributed by atoms with Crippen LogP contribution in [-0.4, -0.2) is 20.8 Å². The van der Waals surface area contributed by atoms with E-state index in [0.29, 0.717) is 5.02 Å². The molecule has 3 rings (SSSR count). The number of nitrogens with one attached hydrogen (secondary N) is 2. The van der Waals surface area contributed by atoms with E-state index in [4.69, 9.17) is 11.6 Å². The van der Waals surface area contributed by atoms with Crippen LogP contribution in [0.3, 0.4) is 0 Å². The summed E-state index contributed by atoms with van der Waals surface area (Å²) in [4.78, 5) is 12.6. The Hall–Kier alpha value is -2.08. The molecule has 24 heavy (non-hydrogen) atoms. The number of aryl methyl sites for hydroxylation is 1. The van der Waals surface area contributed by atoms with E-state index in [0.717, 1.165) is 37.1 Å². The molecule has 0 radical (unpaired) electrons. The Morgan fingerprint density at radius 2 is 1.96 bits per heavy atom. The maximum atomic E-state index is 12.6. The van der Waals surface area contributed by atoms with Crippen LogP contribution in [0, 0.1) is 0 Å². The third-order valence-electron chi connectivity index (χ3n) is 4.69. The Balaban J connectivity index is 1.73. The molecule has 1 heterocycles. The summed E-state index contributed by atoms with van der Waals surface area (Å²) < 4.78 is 1.80. The van der Waals surface area contributed by atoms with Crippen molar-refractivity contribution in [3.8, 4) is 0 Å². The quantitative estimate of drug-likeness (QED) is 0.891. The summed E-state index contributed by atoms with van der Waals surface area (Å²) in [6, 6.07) is 7.33. The summed E-state index contributed by atoms with van der Waals surface area (Å²) in [6.07, 6.45) is 5.68. The highest BCUT2D eigenvalue weighted by Crippen LogP contribution is 2.39. The molecule has 6 nitrogen and oxygen atoms in total. The van der Waals surface area contributed by atoms with Gasteiger partial charge in [-0.3, -0.25) is 0 Å². The molecule has 1 saturated carbocycles. The van der Waals surface area contributed by atoms with Crippen molar-refractivity contribution >= 4 is 17.6 Å². The Morgan fingerprint density at radius 1 is 1.29 bits per heavy atom. The van der Waals surface area contributed by atoms with Crippen LogP contribution in [0.5, 0.6) is 0 Å². The summed E-state index contributed by atoms with van der Waals surface area (Å²) in [5.41, 5.74) is 0.778.